The van der Waals surface area contributed by atoms with E-state index in [0.717, 1.165) is 24.7 Å². The number of fused-ring (bicyclic) bond motifs is 1. The van der Waals surface area contributed by atoms with Gasteiger partial charge in [-0.2, -0.15) is 0 Å². The molecule has 8 nitrogen and oxygen atoms in total. The van der Waals surface area contributed by atoms with E-state index in [2.05, 4.69) is 11.4 Å². The van der Waals surface area contributed by atoms with E-state index in [1.807, 2.05) is 28.0 Å². The number of amides is 2. The zero-order chi connectivity index (χ0) is 25.2. The Morgan fingerprint density at radius 3 is 2.71 bits per heavy atom. The molecule has 0 aliphatic carbocycles. The van der Waals surface area contributed by atoms with Gasteiger partial charge in [-0.15, -0.1) is 0 Å². The fourth-order valence-electron chi connectivity index (χ4n) is 4.44. The third kappa shape index (κ3) is 6.54. The number of para-hydroxylation sites is 1. The van der Waals surface area contributed by atoms with Crippen LogP contribution >= 0.6 is 0 Å². The summed E-state index contributed by atoms with van der Waals surface area (Å²) in [6, 6.07) is 12.7. The van der Waals surface area contributed by atoms with Crippen LogP contribution in [0.3, 0.4) is 0 Å². The summed E-state index contributed by atoms with van der Waals surface area (Å²) in [5.74, 6) is 0.428. The van der Waals surface area contributed by atoms with Gasteiger partial charge in [0.05, 0.1) is 12.6 Å². The molecule has 2 aromatic carbocycles. The fourth-order valence-corrected chi connectivity index (χ4v) is 4.44. The molecule has 1 atom stereocenters. The molecule has 0 bridgehead atoms. The lowest BCUT2D eigenvalue weighted by Crippen LogP contribution is -2.43. The molecular formula is C27H33N3O5. The van der Waals surface area contributed by atoms with E-state index in [-0.39, 0.29) is 18.2 Å². The van der Waals surface area contributed by atoms with Gasteiger partial charge < -0.3 is 19.7 Å². The van der Waals surface area contributed by atoms with Crippen molar-refractivity contribution in [2.75, 3.05) is 32.1 Å². The van der Waals surface area contributed by atoms with E-state index in [1.165, 1.54) is 5.56 Å². The molecule has 2 aromatic rings. The maximum absolute atomic E-state index is 12.7. The quantitative estimate of drug-likeness (QED) is 0.351. The first kappa shape index (κ1) is 26.1. The highest BCUT2D eigenvalue weighted by molar-refractivity contribution is 5.95. The van der Waals surface area contributed by atoms with E-state index in [1.54, 1.807) is 32.3 Å². The first-order valence-electron chi connectivity index (χ1n) is 11.9. The molecule has 1 unspecified atom stereocenters. The number of likely N-dealkylation sites (N-methyl/N-ethyl adjacent to an activating group) is 2. The van der Waals surface area contributed by atoms with Crippen LogP contribution in [0.1, 0.15) is 47.2 Å². The highest BCUT2D eigenvalue weighted by atomic mass is 16.5. The summed E-state index contributed by atoms with van der Waals surface area (Å²) in [4.78, 5) is 51.3. The highest BCUT2D eigenvalue weighted by Gasteiger charge is 2.25. The van der Waals surface area contributed by atoms with Gasteiger partial charge in [0.15, 0.2) is 6.29 Å². The van der Waals surface area contributed by atoms with Crippen LogP contribution in [0.15, 0.2) is 42.5 Å². The lowest BCUT2D eigenvalue weighted by Gasteiger charge is -2.27. The molecular weight excluding hydrogens is 446 g/mol. The Labute approximate surface area is 206 Å². The van der Waals surface area contributed by atoms with Crippen LogP contribution in [-0.2, 0) is 27.3 Å². The molecule has 186 valence electrons. The molecule has 3 rings (SSSR count). The topological polar surface area (TPSA) is 96.0 Å². The molecule has 35 heavy (non-hydrogen) atoms. The molecule has 1 N–H and O–H groups in total. The number of carbonyl (C=O) groups is 4. The summed E-state index contributed by atoms with van der Waals surface area (Å²) < 4.78 is 6.00. The first-order valence-corrected chi connectivity index (χ1v) is 11.9. The minimum absolute atomic E-state index is 0.0729. The number of hydrogen-bond donors (Lipinski definition) is 1. The van der Waals surface area contributed by atoms with Gasteiger partial charge >= 0.3 is 0 Å². The standard InChI is InChI=1S/C27H33N3O5/c1-28-27(34)24(11-6-16-31)29(2)18-22-21(19-32)9-5-12-25(22)35-17-7-13-26(33)30-15-14-20-8-3-4-10-23(20)30/h3-5,8-10,12,16,19,24H,6-7,11,13-15,17-18H2,1-2H3,(H,28,34). The molecule has 0 aromatic heterocycles. The minimum atomic E-state index is -0.515. The van der Waals surface area contributed by atoms with Crippen LogP contribution in [0, 0.1) is 0 Å². The van der Waals surface area contributed by atoms with Crippen LogP contribution in [-0.4, -0.2) is 62.6 Å². The Hall–Kier alpha value is -3.52. The van der Waals surface area contributed by atoms with E-state index in [4.69, 9.17) is 4.74 Å². The Balaban J connectivity index is 1.62. The number of carbonyl (C=O) groups excluding carboxylic acids is 4. The molecule has 8 heteroatoms. The second-order valence-corrected chi connectivity index (χ2v) is 8.61. The molecule has 1 aliphatic rings. The largest absolute Gasteiger partial charge is 0.493 e. The number of hydrogen-bond acceptors (Lipinski definition) is 6. The maximum atomic E-state index is 12.7. The van der Waals surface area contributed by atoms with Gasteiger partial charge in [-0.25, -0.2) is 0 Å². The summed E-state index contributed by atoms with van der Waals surface area (Å²) in [5, 5.41) is 2.63. The van der Waals surface area contributed by atoms with Crippen molar-refractivity contribution in [2.45, 2.75) is 44.7 Å². The number of ether oxygens (including phenoxy) is 1. The van der Waals surface area contributed by atoms with Crippen LogP contribution in [0.2, 0.25) is 0 Å². The van der Waals surface area contributed by atoms with E-state index >= 15 is 0 Å². The monoisotopic (exact) mass is 479 g/mol. The van der Waals surface area contributed by atoms with Crippen molar-refractivity contribution >= 4 is 30.1 Å². The van der Waals surface area contributed by atoms with E-state index in [0.29, 0.717) is 55.8 Å². The molecule has 0 radical (unpaired) electrons. The summed E-state index contributed by atoms with van der Waals surface area (Å²) in [6.45, 7) is 1.32. The van der Waals surface area contributed by atoms with E-state index in [9.17, 15) is 19.2 Å². The van der Waals surface area contributed by atoms with Gasteiger partial charge in [-0.05, 0) is 44.0 Å². The fraction of sp³-hybridized carbons (Fsp3) is 0.407. The summed E-state index contributed by atoms with van der Waals surface area (Å²) in [6.07, 6.45) is 3.97. The smallest absolute Gasteiger partial charge is 0.237 e. The summed E-state index contributed by atoms with van der Waals surface area (Å²) >= 11 is 0. The minimum Gasteiger partial charge on any atom is -0.493 e. The second kappa shape index (κ2) is 12.8. The number of nitrogens with one attached hydrogen (secondary N) is 1. The van der Waals surface area contributed by atoms with Gasteiger partial charge in [0.1, 0.15) is 12.0 Å². The van der Waals surface area contributed by atoms with Crippen molar-refractivity contribution in [1.29, 1.82) is 0 Å². The number of anilines is 1. The summed E-state index contributed by atoms with van der Waals surface area (Å²) in [7, 11) is 3.34. The van der Waals surface area contributed by atoms with Crippen molar-refractivity contribution in [3.05, 3.63) is 59.2 Å². The van der Waals surface area contributed by atoms with E-state index < -0.39 is 6.04 Å². The molecule has 1 heterocycles. The van der Waals surface area contributed by atoms with Crippen LogP contribution < -0.4 is 15.0 Å². The van der Waals surface area contributed by atoms with Gasteiger partial charge in [-0.3, -0.25) is 19.3 Å². The molecule has 0 saturated carbocycles. The number of rotatable bonds is 13. The number of aldehydes is 2. The Morgan fingerprint density at radius 1 is 1.17 bits per heavy atom. The van der Waals surface area contributed by atoms with Gasteiger partial charge in [0.25, 0.3) is 0 Å². The normalized spacial score (nSPS) is 13.3. The predicted octanol–water partition coefficient (Wildman–Crippen LogP) is 2.77. The first-order chi connectivity index (χ1) is 17.0. The molecule has 0 spiro atoms. The van der Waals surface area contributed by atoms with Crippen molar-refractivity contribution < 1.29 is 23.9 Å². The number of nitrogens with zero attached hydrogens (tertiary/aromatic N) is 2. The zero-order valence-electron chi connectivity index (χ0n) is 20.4. The van der Waals surface area contributed by atoms with Crippen molar-refractivity contribution in [3.8, 4) is 5.75 Å². The highest BCUT2D eigenvalue weighted by Crippen LogP contribution is 2.28. The maximum Gasteiger partial charge on any atom is 0.237 e. The van der Waals surface area contributed by atoms with Crippen LogP contribution in [0.25, 0.3) is 0 Å². The lowest BCUT2D eigenvalue weighted by molar-refractivity contribution is -0.126. The Kier molecular flexibility index (Phi) is 9.55. The van der Waals surface area contributed by atoms with Gasteiger partial charge in [0, 0.05) is 49.8 Å². The average molecular weight is 480 g/mol. The van der Waals surface area contributed by atoms with Crippen LogP contribution in [0.4, 0.5) is 5.69 Å². The predicted molar refractivity (Wildman–Crippen MR) is 134 cm³/mol. The zero-order valence-corrected chi connectivity index (χ0v) is 20.4. The second-order valence-electron chi connectivity index (χ2n) is 8.61. The van der Waals surface area contributed by atoms with Gasteiger partial charge in [-0.1, -0.05) is 30.3 Å². The van der Waals surface area contributed by atoms with Crippen molar-refractivity contribution in [1.82, 2.24) is 10.2 Å². The molecule has 0 saturated heterocycles. The lowest BCUT2D eigenvalue weighted by atomic mass is 10.0. The molecule has 2 amide bonds. The number of benzene rings is 2. The molecule has 0 fully saturated rings. The van der Waals surface area contributed by atoms with Gasteiger partial charge in [0.2, 0.25) is 11.8 Å². The third-order valence-corrected chi connectivity index (χ3v) is 6.32. The Bertz CT molecular complexity index is 1050. The van der Waals surface area contributed by atoms with Crippen molar-refractivity contribution in [2.24, 2.45) is 0 Å². The van der Waals surface area contributed by atoms with Crippen LogP contribution in [0.5, 0.6) is 5.75 Å². The SMILES string of the molecule is CNC(=O)C(CCC=O)N(C)Cc1c(C=O)cccc1OCCCC(=O)N1CCc2ccccc21. The third-order valence-electron chi connectivity index (χ3n) is 6.32. The molecule has 1 aliphatic heterocycles. The van der Waals surface area contributed by atoms with Crippen molar-refractivity contribution in [3.63, 3.8) is 0 Å². The average Bonchev–Trinajstić information content (AvgIpc) is 3.31. The Morgan fingerprint density at radius 2 is 1.97 bits per heavy atom. The summed E-state index contributed by atoms with van der Waals surface area (Å²) in [5.41, 5.74) is 3.33.